The molecule has 4 heteroatoms. The summed E-state index contributed by atoms with van der Waals surface area (Å²) in [5, 5.41) is 0. The van der Waals surface area contributed by atoms with E-state index in [0.717, 1.165) is 11.4 Å². The molecule has 1 aliphatic rings. The summed E-state index contributed by atoms with van der Waals surface area (Å²) in [5.41, 5.74) is 3.85. The number of hydrogen-bond acceptors (Lipinski definition) is 4. The molecule has 0 atom stereocenters. The standard InChI is InChI=1S/C14H8O2.C10H8N2/c15-13-9-5-1-2-6-10(9)14(16)12-8-4-3-7-11(12)13;1-3-7-11-9(5-1)10-6-2-4-8-12-10/h1-8H;1-8H. The minimum absolute atomic E-state index is 0.0641. The first-order valence-electron chi connectivity index (χ1n) is 8.85. The number of benzene rings is 2. The average molecular weight is 364 g/mol. The Labute approximate surface area is 162 Å². The van der Waals surface area contributed by atoms with E-state index in [9.17, 15) is 9.59 Å². The number of fused-ring (bicyclic) bond motifs is 2. The van der Waals surface area contributed by atoms with Gasteiger partial charge in [-0.3, -0.25) is 19.6 Å². The molecule has 4 nitrogen and oxygen atoms in total. The molecular formula is C24H16N2O2. The summed E-state index contributed by atoms with van der Waals surface area (Å²) >= 11 is 0. The Balaban J connectivity index is 0.000000143. The summed E-state index contributed by atoms with van der Waals surface area (Å²) in [6, 6.07) is 25.5. The molecule has 0 saturated carbocycles. The zero-order chi connectivity index (χ0) is 19.3. The molecule has 5 rings (SSSR count). The summed E-state index contributed by atoms with van der Waals surface area (Å²) in [4.78, 5) is 32.6. The number of nitrogens with zero attached hydrogens (tertiary/aromatic N) is 2. The summed E-state index contributed by atoms with van der Waals surface area (Å²) in [7, 11) is 0. The molecule has 134 valence electrons. The van der Waals surface area contributed by atoms with Gasteiger partial charge >= 0.3 is 0 Å². The van der Waals surface area contributed by atoms with Crippen molar-refractivity contribution in [1.29, 1.82) is 0 Å². The summed E-state index contributed by atoms with van der Waals surface area (Å²) in [6.07, 6.45) is 3.54. The van der Waals surface area contributed by atoms with Crippen LogP contribution >= 0.6 is 0 Å². The fourth-order valence-corrected chi connectivity index (χ4v) is 3.08. The molecule has 0 saturated heterocycles. The Bertz CT molecular complexity index is 996. The molecule has 2 aromatic heterocycles. The van der Waals surface area contributed by atoms with Gasteiger partial charge in [0.05, 0.1) is 11.4 Å². The minimum atomic E-state index is -0.0641. The predicted molar refractivity (Wildman–Crippen MR) is 107 cm³/mol. The van der Waals surface area contributed by atoms with Gasteiger partial charge < -0.3 is 0 Å². The topological polar surface area (TPSA) is 59.9 Å². The van der Waals surface area contributed by atoms with Crippen LogP contribution in [0.3, 0.4) is 0 Å². The fourth-order valence-electron chi connectivity index (χ4n) is 3.08. The Kier molecular flexibility index (Phi) is 4.85. The molecule has 0 radical (unpaired) electrons. The highest BCUT2D eigenvalue weighted by molar-refractivity contribution is 6.28. The zero-order valence-corrected chi connectivity index (χ0v) is 14.9. The highest BCUT2D eigenvalue weighted by atomic mass is 16.1. The van der Waals surface area contributed by atoms with Crippen LogP contribution in [0.4, 0.5) is 0 Å². The molecule has 0 unspecified atom stereocenters. The van der Waals surface area contributed by atoms with E-state index >= 15 is 0 Å². The van der Waals surface area contributed by atoms with E-state index < -0.39 is 0 Å². The number of rotatable bonds is 1. The Hall–Kier alpha value is -3.92. The maximum atomic E-state index is 12.1. The van der Waals surface area contributed by atoms with E-state index in [0.29, 0.717) is 22.3 Å². The van der Waals surface area contributed by atoms with Gasteiger partial charge in [0, 0.05) is 34.6 Å². The fraction of sp³-hybridized carbons (Fsp3) is 0. The first-order chi connectivity index (χ1) is 13.8. The number of ketones is 2. The number of pyridine rings is 2. The molecule has 0 aliphatic heterocycles. The molecule has 0 bridgehead atoms. The largest absolute Gasteiger partial charge is 0.289 e. The molecule has 2 heterocycles. The second-order valence-electron chi connectivity index (χ2n) is 6.18. The highest BCUT2D eigenvalue weighted by Gasteiger charge is 2.28. The van der Waals surface area contributed by atoms with Crippen molar-refractivity contribution < 1.29 is 9.59 Å². The van der Waals surface area contributed by atoms with E-state index in [1.165, 1.54) is 0 Å². The van der Waals surface area contributed by atoms with Gasteiger partial charge in [-0.25, -0.2) is 0 Å². The summed E-state index contributed by atoms with van der Waals surface area (Å²) < 4.78 is 0. The van der Waals surface area contributed by atoms with Crippen LogP contribution in [0.1, 0.15) is 31.8 Å². The molecule has 28 heavy (non-hydrogen) atoms. The molecule has 4 aromatic rings. The lowest BCUT2D eigenvalue weighted by Gasteiger charge is -2.16. The van der Waals surface area contributed by atoms with E-state index in [1.807, 2.05) is 36.4 Å². The molecular weight excluding hydrogens is 348 g/mol. The molecule has 0 spiro atoms. The van der Waals surface area contributed by atoms with E-state index in [-0.39, 0.29) is 11.6 Å². The Morgan fingerprint density at radius 2 is 0.750 bits per heavy atom. The lowest BCUT2D eigenvalue weighted by atomic mass is 9.84. The number of aromatic nitrogens is 2. The van der Waals surface area contributed by atoms with Gasteiger partial charge in [0.1, 0.15) is 0 Å². The van der Waals surface area contributed by atoms with Gasteiger partial charge in [0.2, 0.25) is 0 Å². The van der Waals surface area contributed by atoms with Crippen LogP contribution in [-0.4, -0.2) is 21.5 Å². The number of carbonyl (C=O) groups excluding carboxylic acids is 2. The third-order valence-electron chi connectivity index (χ3n) is 4.42. The van der Waals surface area contributed by atoms with Crippen molar-refractivity contribution in [3.8, 4) is 11.4 Å². The maximum absolute atomic E-state index is 12.1. The Morgan fingerprint density at radius 1 is 0.429 bits per heavy atom. The van der Waals surface area contributed by atoms with Gasteiger partial charge in [0.25, 0.3) is 0 Å². The second kappa shape index (κ2) is 7.76. The third-order valence-corrected chi connectivity index (χ3v) is 4.42. The van der Waals surface area contributed by atoms with E-state index in [2.05, 4.69) is 9.97 Å². The van der Waals surface area contributed by atoms with Crippen molar-refractivity contribution in [2.75, 3.05) is 0 Å². The van der Waals surface area contributed by atoms with Crippen LogP contribution in [0.25, 0.3) is 11.4 Å². The van der Waals surface area contributed by atoms with Gasteiger partial charge in [-0.2, -0.15) is 0 Å². The molecule has 0 fully saturated rings. The van der Waals surface area contributed by atoms with Crippen LogP contribution in [-0.2, 0) is 0 Å². The Morgan fingerprint density at radius 3 is 1.04 bits per heavy atom. The monoisotopic (exact) mass is 364 g/mol. The number of carbonyl (C=O) groups is 2. The van der Waals surface area contributed by atoms with Crippen molar-refractivity contribution in [3.05, 3.63) is 120 Å². The highest BCUT2D eigenvalue weighted by Crippen LogP contribution is 2.26. The quantitative estimate of drug-likeness (QED) is 0.436. The van der Waals surface area contributed by atoms with Gasteiger partial charge in [-0.05, 0) is 24.3 Å². The summed E-state index contributed by atoms with van der Waals surface area (Å²) in [6.45, 7) is 0. The van der Waals surface area contributed by atoms with Crippen molar-refractivity contribution >= 4 is 11.6 Å². The van der Waals surface area contributed by atoms with Crippen LogP contribution in [0.15, 0.2) is 97.3 Å². The van der Waals surface area contributed by atoms with Crippen LogP contribution in [0.2, 0.25) is 0 Å². The average Bonchev–Trinajstić information content (AvgIpc) is 2.79. The zero-order valence-electron chi connectivity index (χ0n) is 14.9. The van der Waals surface area contributed by atoms with Crippen molar-refractivity contribution in [1.82, 2.24) is 9.97 Å². The second-order valence-corrected chi connectivity index (χ2v) is 6.18. The van der Waals surface area contributed by atoms with Crippen molar-refractivity contribution in [2.24, 2.45) is 0 Å². The van der Waals surface area contributed by atoms with E-state index in [4.69, 9.17) is 0 Å². The van der Waals surface area contributed by atoms with Crippen LogP contribution < -0.4 is 0 Å². The first kappa shape index (κ1) is 17.5. The van der Waals surface area contributed by atoms with Crippen LogP contribution in [0, 0.1) is 0 Å². The lowest BCUT2D eigenvalue weighted by Crippen LogP contribution is -2.20. The third kappa shape index (κ3) is 3.35. The SMILES string of the molecule is O=C1c2ccccc2C(=O)c2ccccc21.c1ccc(-c2ccccn2)nc1. The van der Waals surface area contributed by atoms with Gasteiger partial charge in [-0.15, -0.1) is 0 Å². The lowest BCUT2D eigenvalue weighted by molar-refractivity contribution is 0.0979. The molecule has 0 N–H and O–H groups in total. The first-order valence-corrected chi connectivity index (χ1v) is 8.85. The molecule has 1 aliphatic carbocycles. The minimum Gasteiger partial charge on any atom is -0.289 e. The summed E-state index contributed by atoms with van der Waals surface area (Å²) in [5.74, 6) is -0.128. The van der Waals surface area contributed by atoms with Crippen molar-refractivity contribution in [2.45, 2.75) is 0 Å². The smallest absolute Gasteiger partial charge is 0.194 e. The molecule has 0 amide bonds. The predicted octanol–water partition coefficient (Wildman–Crippen LogP) is 4.61. The number of hydrogen-bond donors (Lipinski definition) is 0. The van der Waals surface area contributed by atoms with Crippen LogP contribution in [0.5, 0.6) is 0 Å². The maximum Gasteiger partial charge on any atom is 0.194 e. The molecule has 2 aromatic carbocycles. The van der Waals surface area contributed by atoms with E-state index in [1.54, 1.807) is 60.9 Å². The van der Waals surface area contributed by atoms with Gasteiger partial charge in [-0.1, -0.05) is 60.7 Å². The van der Waals surface area contributed by atoms with Gasteiger partial charge in [0.15, 0.2) is 11.6 Å². The van der Waals surface area contributed by atoms with Crippen molar-refractivity contribution in [3.63, 3.8) is 0 Å². The normalized spacial score (nSPS) is 11.7.